The molecule has 5 nitrogen and oxygen atoms in total. The summed E-state index contributed by atoms with van der Waals surface area (Å²) in [4.78, 5) is 14.7. The molecule has 2 N–H and O–H groups in total. The number of nitrogens with zero attached hydrogens (tertiary/aromatic N) is 1. The second-order valence-electron chi connectivity index (χ2n) is 3.97. The van der Waals surface area contributed by atoms with Crippen LogP contribution in [0.1, 0.15) is 23.7 Å². The Kier molecular flexibility index (Phi) is 5.55. The third kappa shape index (κ3) is 4.62. The Bertz CT molecular complexity index is 468. The SMILES string of the molecule is CC(CCS(C)=O)Nc1ncc(C(=O)O)cc1Cl. The molecule has 0 aliphatic carbocycles. The Labute approximate surface area is 113 Å². The average Bonchev–Trinajstić information content (AvgIpc) is 2.29. The van der Waals surface area contributed by atoms with Crippen molar-refractivity contribution in [3.05, 3.63) is 22.8 Å². The second-order valence-corrected chi connectivity index (χ2v) is 5.93. The van der Waals surface area contributed by atoms with Gasteiger partial charge in [0.2, 0.25) is 0 Å². The van der Waals surface area contributed by atoms with Crippen LogP contribution >= 0.6 is 11.6 Å². The summed E-state index contributed by atoms with van der Waals surface area (Å²) in [5.41, 5.74) is 0.0489. The number of hydrogen-bond donors (Lipinski definition) is 2. The standard InChI is InChI=1S/C11H15ClN2O3S/c1-7(3-4-18(2)17)14-10-9(12)5-8(6-13-10)11(15)16/h5-7H,3-4H2,1-2H3,(H,13,14)(H,15,16). The molecule has 7 heteroatoms. The zero-order chi connectivity index (χ0) is 13.7. The summed E-state index contributed by atoms with van der Waals surface area (Å²) >= 11 is 5.93. The highest BCUT2D eigenvalue weighted by Crippen LogP contribution is 2.21. The van der Waals surface area contributed by atoms with E-state index in [-0.39, 0.29) is 16.6 Å². The number of carboxylic acid groups (broad SMARTS) is 1. The van der Waals surface area contributed by atoms with Crippen LogP contribution in [0, 0.1) is 0 Å². The Morgan fingerprint density at radius 3 is 2.83 bits per heavy atom. The third-order valence-electron chi connectivity index (χ3n) is 2.31. The van der Waals surface area contributed by atoms with E-state index in [1.807, 2.05) is 6.92 Å². The molecule has 0 radical (unpaired) electrons. The van der Waals surface area contributed by atoms with Gasteiger partial charge in [-0.25, -0.2) is 9.78 Å². The first-order valence-electron chi connectivity index (χ1n) is 5.35. The first kappa shape index (κ1) is 14.9. The average molecular weight is 291 g/mol. The van der Waals surface area contributed by atoms with Crippen LogP contribution in [-0.2, 0) is 10.8 Å². The molecule has 0 fully saturated rings. The van der Waals surface area contributed by atoms with Gasteiger partial charge in [0.25, 0.3) is 0 Å². The zero-order valence-electron chi connectivity index (χ0n) is 10.1. The maximum atomic E-state index is 11.0. The molecular formula is C11H15ClN2O3S. The molecule has 18 heavy (non-hydrogen) atoms. The molecule has 0 spiro atoms. The number of aromatic nitrogens is 1. The Hall–Kier alpha value is -1.14. The van der Waals surface area contributed by atoms with Crippen LogP contribution in [0.3, 0.4) is 0 Å². The molecule has 0 amide bonds. The van der Waals surface area contributed by atoms with Crippen molar-refractivity contribution in [2.24, 2.45) is 0 Å². The van der Waals surface area contributed by atoms with Gasteiger partial charge >= 0.3 is 5.97 Å². The maximum absolute atomic E-state index is 11.0. The molecule has 1 rings (SSSR count). The molecule has 2 atom stereocenters. The normalized spacial score (nSPS) is 13.9. The first-order chi connectivity index (χ1) is 8.40. The van der Waals surface area contributed by atoms with E-state index >= 15 is 0 Å². The predicted molar refractivity (Wildman–Crippen MR) is 72.8 cm³/mol. The van der Waals surface area contributed by atoms with Gasteiger partial charge in [-0.05, 0) is 19.4 Å². The lowest BCUT2D eigenvalue weighted by molar-refractivity contribution is 0.0696. The van der Waals surface area contributed by atoms with Gasteiger partial charge in [0.05, 0.1) is 10.6 Å². The molecule has 1 aromatic heterocycles. The van der Waals surface area contributed by atoms with E-state index < -0.39 is 16.8 Å². The smallest absolute Gasteiger partial charge is 0.337 e. The van der Waals surface area contributed by atoms with Crippen LogP contribution in [0.15, 0.2) is 12.3 Å². The highest BCUT2D eigenvalue weighted by atomic mass is 35.5. The fourth-order valence-electron chi connectivity index (χ4n) is 1.31. The molecule has 1 heterocycles. The highest BCUT2D eigenvalue weighted by Gasteiger charge is 2.10. The van der Waals surface area contributed by atoms with Crippen molar-refractivity contribution < 1.29 is 14.1 Å². The summed E-state index contributed by atoms with van der Waals surface area (Å²) in [6, 6.07) is 1.42. The molecule has 0 aromatic carbocycles. The van der Waals surface area contributed by atoms with Crippen LogP contribution < -0.4 is 5.32 Å². The number of halogens is 1. The van der Waals surface area contributed by atoms with Gasteiger partial charge in [0, 0.05) is 35.0 Å². The topological polar surface area (TPSA) is 79.3 Å². The number of rotatable bonds is 6. The van der Waals surface area contributed by atoms with Gasteiger partial charge in [-0.3, -0.25) is 4.21 Å². The van der Waals surface area contributed by atoms with Gasteiger partial charge in [-0.15, -0.1) is 0 Å². The Morgan fingerprint density at radius 1 is 1.67 bits per heavy atom. The minimum atomic E-state index is -1.06. The maximum Gasteiger partial charge on any atom is 0.337 e. The molecule has 0 aliphatic rings. The third-order valence-corrected chi connectivity index (χ3v) is 3.41. The summed E-state index contributed by atoms with van der Waals surface area (Å²) in [6.45, 7) is 1.93. The number of pyridine rings is 1. The van der Waals surface area contributed by atoms with Gasteiger partial charge in [-0.1, -0.05) is 11.6 Å². The van der Waals surface area contributed by atoms with Gasteiger partial charge in [-0.2, -0.15) is 0 Å². The van der Waals surface area contributed by atoms with Gasteiger partial charge in [0.15, 0.2) is 0 Å². The summed E-state index contributed by atoms with van der Waals surface area (Å²) in [6.07, 6.45) is 3.63. The summed E-state index contributed by atoms with van der Waals surface area (Å²) < 4.78 is 11.0. The number of nitrogens with one attached hydrogen (secondary N) is 1. The molecule has 1 aromatic rings. The Morgan fingerprint density at radius 2 is 2.33 bits per heavy atom. The van der Waals surface area contributed by atoms with E-state index in [1.54, 1.807) is 6.26 Å². The summed E-state index contributed by atoms with van der Waals surface area (Å²) in [7, 11) is -0.830. The van der Waals surface area contributed by atoms with E-state index in [1.165, 1.54) is 12.3 Å². The first-order valence-corrected chi connectivity index (χ1v) is 7.46. The van der Waals surface area contributed by atoms with Crippen LogP contribution in [0.25, 0.3) is 0 Å². The number of carbonyl (C=O) groups is 1. The lowest BCUT2D eigenvalue weighted by atomic mass is 10.2. The number of aromatic carboxylic acids is 1. The highest BCUT2D eigenvalue weighted by molar-refractivity contribution is 7.84. The quantitative estimate of drug-likeness (QED) is 0.838. The molecule has 0 bridgehead atoms. The van der Waals surface area contributed by atoms with Gasteiger partial charge in [0.1, 0.15) is 5.82 Å². The minimum Gasteiger partial charge on any atom is -0.478 e. The summed E-state index contributed by atoms with van der Waals surface area (Å²) in [5, 5.41) is 12.1. The van der Waals surface area contributed by atoms with Crippen LogP contribution in [0.4, 0.5) is 5.82 Å². The zero-order valence-corrected chi connectivity index (χ0v) is 11.7. The Balaban J connectivity index is 2.67. The van der Waals surface area contributed by atoms with Crippen molar-refractivity contribution in [1.82, 2.24) is 4.98 Å². The monoisotopic (exact) mass is 290 g/mol. The molecule has 100 valence electrons. The lowest BCUT2D eigenvalue weighted by Crippen LogP contribution is -2.19. The molecular weight excluding hydrogens is 276 g/mol. The number of hydrogen-bond acceptors (Lipinski definition) is 4. The van der Waals surface area contributed by atoms with Crippen LogP contribution in [-0.4, -0.2) is 38.3 Å². The fraction of sp³-hybridized carbons (Fsp3) is 0.455. The van der Waals surface area contributed by atoms with Gasteiger partial charge < -0.3 is 10.4 Å². The predicted octanol–water partition coefficient (Wildman–Crippen LogP) is 2.00. The van der Waals surface area contributed by atoms with E-state index in [4.69, 9.17) is 16.7 Å². The second kappa shape index (κ2) is 6.70. The fourth-order valence-corrected chi connectivity index (χ4v) is 2.22. The molecule has 0 aliphatic heterocycles. The molecule has 2 unspecified atom stereocenters. The van der Waals surface area contributed by atoms with E-state index in [9.17, 15) is 9.00 Å². The van der Waals surface area contributed by atoms with Crippen LogP contribution in [0.5, 0.6) is 0 Å². The molecule has 0 saturated carbocycles. The minimum absolute atomic E-state index is 0.0489. The molecule has 0 saturated heterocycles. The van der Waals surface area contributed by atoms with Crippen LogP contribution in [0.2, 0.25) is 5.02 Å². The van der Waals surface area contributed by atoms with Crippen molar-refractivity contribution in [3.8, 4) is 0 Å². The largest absolute Gasteiger partial charge is 0.478 e. The van der Waals surface area contributed by atoms with E-state index in [2.05, 4.69) is 10.3 Å². The summed E-state index contributed by atoms with van der Waals surface area (Å²) in [5.74, 6) is -0.0275. The van der Waals surface area contributed by atoms with Crippen molar-refractivity contribution >= 4 is 34.2 Å². The van der Waals surface area contributed by atoms with Crippen molar-refractivity contribution in [2.75, 3.05) is 17.3 Å². The number of carboxylic acids is 1. The van der Waals surface area contributed by atoms with Crippen molar-refractivity contribution in [1.29, 1.82) is 0 Å². The van der Waals surface area contributed by atoms with E-state index in [0.29, 0.717) is 11.6 Å². The number of anilines is 1. The van der Waals surface area contributed by atoms with Crippen molar-refractivity contribution in [3.63, 3.8) is 0 Å². The van der Waals surface area contributed by atoms with E-state index in [0.717, 1.165) is 6.42 Å². The van der Waals surface area contributed by atoms with Crippen molar-refractivity contribution in [2.45, 2.75) is 19.4 Å². The lowest BCUT2D eigenvalue weighted by Gasteiger charge is -2.14.